The highest BCUT2D eigenvalue weighted by Crippen LogP contribution is 2.21. The van der Waals surface area contributed by atoms with E-state index >= 15 is 0 Å². The number of aliphatic hydroxyl groups is 1. The van der Waals surface area contributed by atoms with Crippen LogP contribution in [0.4, 0.5) is 5.69 Å². The van der Waals surface area contributed by atoms with Gasteiger partial charge in [-0.15, -0.1) is 11.3 Å². The molecule has 3 aromatic rings. The molecule has 2 aromatic heterocycles. The molecule has 2 heterocycles. The topological polar surface area (TPSA) is 49.6 Å². The van der Waals surface area contributed by atoms with Crippen LogP contribution in [0.15, 0.2) is 29.6 Å². The van der Waals surface area contributed by atoms with Crippen molar-refractivity contribution < 1.29 is 5.11 Å². The molecule has 0 saturated carbocycles. The van der Waals surface area contributed by atoms with Gasteiger partial charge in [0.2, 0.25) is 0 Å². The Kier molecular flexibility index (Phi) is 3.94. The number of thiazole rings is 1. The van der Waals surface area contributed by atoms with Crippen LogP contribution in [0.1, 0.15) is 22.6 Å². The highest BCUT2D eigenvalue weighted by Gasteiger charge is 2.11. The molecule has 0 radical (unpaired) electrons. The molecule has 21 heavy (non-hydrogen) atoms. The predicted octanol–water partition coefficient (Wildman–Crippen LogP) is 3.16. The maximum atomic E-state index is 8.93. The van der Waals surface area contributed by atoms with Gasteiger partial charge in [0, 0.05) is 23.4 Å². The van der Waals surface area contributed by atoms with Gasteiger partial charge in [-0.2, -0.15) is 0 Å². The van der Waals surface area contributed by atoms with Gasteiger partial charge < -0.3 is 10.4 Å². The van der Waals surface area contributed by atoms with Gasteiger partial charge in [-0.1, -0.05) is 12.1 Å². The number of aliphatic hydroxyl groups excluding tert-OH is 1. The van der Waals surface area contributed by atoms with Crippen molar-refractivity contribution in [1.29, 1.82) is 0 Å². The number of aryl methyl sites for hydroxylation is 2. The summed E-state index contributed by atoms with van der Waals surface area (Å²) < 4.78 is 2.22. The van der Waals surface area contributed by atoms with Gasteiger partial charge in [0.05, 0.1) is 17.9 Å². The molecule has 0 aliphatic heterocycles. The predicted molar refractivity (Wildman–Crippen MR) is 87.1 cm³/mol. The van der Waals surface area contributed by atoms with E-state index in [1.54, 1.807) is 11.3 Å². The van der Waals surface area contributed by atoms with E-state index in [2.05, 4.69) is 46.1 Å². The lowest BCUT2D eigenvalue weighted by molar-refractivity contribution is 0.299. The van der Waals surface area contributed by atoms with Crippen LogP contribution in [0.5, 0.6) is 0 Å². The Balaban J connectivity index is 1.76. The second kappa shape index (κ2) is 5.87. The largest absolute Gasteiger partial charge is 0.396 e. The first-order valence-corrected chi connectivity index (χ1v) is 7.92. The van der Waals surface area contributed by atoms with Crippen molar-refractivity contribution in [3.05, 3.63) is 52.3 Å². The van der Waals surface area contributed by atoms with Crippen molar-refractivity contribution >= 4 is 22.0 Å². The lowest BCUT2D eigenvalue weighted by Gasteiger charge is -2.08. The SMILES string of the molecule is Cc1nc2scc(C)n2c1CNc1ccc(CCO)cc1. The zero-order valence-corrected chi connectivity index (χ0v) is 13.1. The lowest BCUT2D eigenvalue weighted by Crippen LogP contribution is -2.04. The molecule has 0 saturated heterocycles. The molecular weight excluding hydrogens is 282 g/mol. The molecule has 110 valence electrons. The van der Waals surface area contributed by atoms with Crippen LogP contribution >= 0.6 is 11.3 Å². The third-order valence-electron chi connectivity index (χ3n) is 3.64. The minimum Gasteiger partial charge on any atom is -0.396 e. The Labute approximate surface area is 128 Å². The van der Waals surface area contributed by atoms with Crippen LogP contribution < -0.4 is 5.32 Å². The fourth-order valence-corrected chi connectivity index (χ4v) is 3.41. The fourth-order valence-electron chi connectivity index (χ4n) is 2.48. The smallest absolute Gasteiger partial charge is 0.194 e. The van der Waals surface area contributed by atoms with E-state index in [1.165, 1.54) is 11.4 Å². The molecule has 2 N–H and O–H groups in total. The Hall–Kier alpha value is -1.85. The number of hydrogen-bond donors (Lipinski definition) is 2. The number of fused-ring (bicyclic) bond motifs is 1. The average Bonchev–Trinajstić information content (AvgIpc) is 2.98. The zero-order chi connectivity index (χ0) is 14.8. The monoisotopic (exact) mass is 301 g/mol. The number of anilines is 1. The molecule has 0 fully saturated rings. The minimum atomic E-state index is 0.192. The van der Waals surface area contributed by atoms with E-state index in [4.69, 9.17) is 5.11 Å². The first-order valence-electron chi connectivity index (χ1n) is 7.04. The molecule has 0 aliphatic rings. The van der Waals surface area contributed by atoms with Crippen LogP contribution in [0.3, 0.4) is 0 Å². The summed E-state index contributed by atoms with van der Waals surface area (Å²) in [6.45, 7) is 5.11. The molecule has 5 heteroatoms. The van der Waals surface area contributed by atoms with Gasteiger partial charge in [0.1, 0.15) is 0 Å². The average molecular weight is 301 g/mol. The van der Waals surface area contributed by atoms with Crippen molar-refractivity contribution in [2.75, 3.05) is 11.9 Å². The van der Waals surface area contributed by atoms with E-state index in [1.807, 2.05) is 12.1 Å². The zero-order valence-electron chi connectivity index (χ0n) is 12.3. The Morgan fingerprint density at radius 1 is 1.24 bits per heavy atom. The highest BCUT2D eigenvalue weighted by atomic mass is 32.1. The number of aromatic nitrogens is 2. The van der Waals surface area contributed by atoms with Gasteiger partial charge in [0.25, 0.3) is 0 Å². The number of imidazole rings is 1. The molecule has 4 nitrogen and oxygen atoms in total. The molecule has 0 aliphatic carbocycles. The normalized spacial score (nSPS) is 11.2. The first-order chi connectivity index (χ1) is 10.2. The van der Waals surface area contributed by atoms with Crippen molar-refractivity contribution in [3.63, 3.8) is 0 Å². The second-order valence-corrected chi connectivity index (χ2v) is 6.00. The third kappa shape index (κ3) is 2.80. The number of nitrogens with zero attached hydrogens (tertiary/aromatic N) is 2. The summed E-state index contributed by atoms with van der Waals surface area (Å²) in [5.74, 6) is 0. The Morgan fingerprint density at radius 2 is 2.00 bits per heavy atom. The van der Waals surface area contributed by atoms with E-state index in [-0.39, 0.29) is 6.61 Å². The highest BCUT2D eigenvalue weighted by molar-refractivity contribution is 7.15. The van der Waals surface area contributed by atoms with Crippen LogP contribution in [-0.2, 0) is 13.0 Å². The van der Waals surface area contributed by atoms with E-state index in [0.29, 0.717) is 6.42 Å². The standard InChI is InChI=1S/C16H19N3OS/c1-11-10-21-16-18-12(2)15(19(11)16)9-17-14-5-3-13(4-6-14)7-8-20/h3-6,10,17,20H,7-9H2,1-2H3. The number of hydrogen-bond acceptors (Lipinski definition) is 4. The Morgan fingerprint density at radius 3 is 2.71 bits per heavy atom. The first kappa shape index (κ1) is 14.1. The molecule has 0 atom stereocenters. The van der Waals surface area contributed by atoms with Crippen molar-refractivity contribution in [1.82, 2.24) is 9.38 Å². The summed E-state index contributed by atoms with van der Waals surface area (Å²) in [4.78, 5) is 5.65. The molecule has 0 unspecified atom stereocenters. The van der Waals surface area contributed by atoms with Crippen molar-refractivity contribution in [3.8, 4) is 0 Å². The van der Waals surface area contributed by atoms with Gasteiger partial charge in [-0.3, -0.25) is 4.40 Å². The lowest BCUT2D eigenvalue weighted by atomic mass is 10.1. The summed E-state index contributed by atoms with van der Waals surface area (Å²) >= 11 is 1.68. The maximum absolute atomic E-state index is 8.93. The fraction of sp³-hybridized carbons (Fsp3) is 0.312. The molecular formula is C16H19N3OS. The van der Waals surface area contributed by atoms with E-state index in [9.17, 15) is 0 Å². The third-order valence-corrected chi connectivity index (χ3v) is 4.59. The van der Waals surface area contributed by atoms with Gasteiger partial charge in [-0.25, -0.2) is 4.98 Å². The Bertz CT molecular complexity index is 743. The van der Waals surface area contributed by atoms with Crippen LogP contribution in [-0.4, -0.2) is 21.1 Å². The van der Waals surface area contributed by atoms with Crippen LogP contribution in [0, 0.1) is 13.8 Å². The summed E-state index contributed by atoms with van der Waals surface area (Å²) in [5, 5.41) is 14.5. The van der Waals surface area contributed by atoms with Crippen molar-refractivity contribution in [2.45, 2.75) is 26.8 Å². The van der Waals surface area contributed by atoms with Crippen LogP contribution in [0.2, 0.25) is 0 Å². The number of nitrogens with one attached hydrogen (secondary N) is 1. The summed E-state index contributed by atoms with van der Waals surface area (Å²) in [7, 11) is 0. The quantitative estimate of drug-likeness (QED) is 0.761. The van der Waals surface area contributed by atoms with Gasteiger partial charge in [-0.05, 0) is 38.0 Å². The maximum Gasteiger partial charge on any atom is 0.194 e. The van der Waals surface area contributed by atoms with E-state index < -0.39 is 0 Å². The molecule has 0 spiro atoms. The van der Waals surface area contributed by atoms with Crippen LogP contribution in [0.25, 0.3) is 4.96 Å². The van der Waals surface area contributed by atoms with Gasteiger partial charge in [0.15, 0.2) is 4.96 Å². The molecule has 3 rings (SSSR count). The summed E-state index contributed by atoms with van der Waals surface area (Å²) in [6, 6.07) is 8.21. The summed E-state index contributed by atoms with van der Waals surface area (Å²) in [5.41, 5.74) is 5.75. The molecule has 1 aromatic carbocycles. The minimum absolute atomic E-state index is 0.192. The number of rotatable bonds is 5. The molecule has 0 amide bonds. The molecule has 0 bridgehead atoms. The van der Waals surface area contributed by atoms with Crippen molar-refractivity contribution in [2.24, 2.45) is 0 Å². The van der Waals surface area contributed by atoms with Gasteiger partial charge >= 0.3 is 0 Å². The number of benzene rings is 1. The second-order valence-electron chi connectivity index (χ2n) is 5.16. The van der Waals surface area contributed by atoms with E-state index in [0.717, 1.165) is 28.5 Å². The summed E-state index contributed by atoms with van der Waals surface area (Å²) in [6.07, 6.45) is 0.705.